The van der Waals surface area contributed by atoms with Crippen LogP contribution < -0.4 is 10.6 Å². The average molecular weight is 355 g/mol. The fourth-order valence-electron chi connectivity index (χ4n) is 4.07. The van der Waals surface area contributed by atoms with Crippen molar-refractivity contribution in [3.05, 3.63) is 18.5 Å². The number of piperidine rings is 1. The molecular formula is C18H31ClN4O. The summed E-state index contributed by atoms with van der Waals surface area (Å²) < 4.78 is 1.88. The highest BCUT2D eigenvalue weighted by Gasteiger charge is 2.41. The van der Waals surface area contributed by atoms with Crippen molar-refractivity contribution in [1.29, 1.82) is 0 Å². The predicted molar refractivity (Wildman–Crippen MR) is 98.4 cm³/mol. The lowest BCUT2D eigenvalue weighted by molar-refractivity contribution is -0.132. The van der Waals surface area contributed by atoms with E-state index in [0.29, 0.717) is 5.92 Å². The number of halogens is 1. The van der Waals surface area contributed by atoms with Gasteiger partial charge in [-0.3, -0.25) is 9.48 Å². The van der Waals surface area contributed by atoms with Crippen LogP contribution in [0.5, 0.6) is 0 Å². The number of amides is 1. The molecule has 0 atom stereocenters. The maximum Gasteiger partial charge on any atom is 0.248 e. The number of aromatic nitrogens is 2. The maximum absolute atomic E-state index is 13.0. The third-order valence-corrected chi connectivity index (χ3v) is 5.57. The van der Waals surface area contributed by atoms with Crippen molar-refractivity contribution in [2.24, 2.45) is 5.92 Å². The molecule has 0 unspecified atom stereocenters. The zero-order valence-electron chi connectivity index (χ0n) is 14.5. The van der Waals surface area contributed by atoms with E-state index in [1.807, 2.05) is 16.9 Å². The molecule has 1 aliphatic heterocycles. The van der Waals surface area contributed by atoms with Gasteiger partial charge in [0.05, 0.1) is 0 Å². The van der Waals surface area contributed by atoms with Gasteiger partial charge in [0.2, 0.25) is 5.91 Å². The molecule has 0 radical (unpaired) electrons. The molecule has 1 saturated heterocycles. The molecule has 2 N–H and O–H groups in total. The fraction of sp³-hybridized carbons (Fsp3) is 0.778. The second kappa shape index (κ2) is 9.42. The van der Waals surface area contributed by atoms with Crippen LogP contribution in [0.4, 0.5) is 0 Å². The first-order valence-electron chi connectivity index (χ1n) is 9.30. The third-order valence-electron chi connectivity index (χ3n) is 5.57. The first kappa shape index (κ1) is 19.3. The molecule has 6 heteroatoms. The van der Waals surface area contributed by atoms with Gasteiger partial charge in [0, 0.05) is 18.9 Å². The molecule has 1 aromatic rings. The Morgan fingerprint density at radius 3 is 2.46 bits per heavy atom. The Morgan fingerprint density at radius 1 is 1.17 bits per heavy atom. The quantitative estimate of drug-likeness (QED) is 0.874. The summed E-state index contributed by atoms with van der Waals surface area (Å²) >= 11 is 0. The van der Waals surface area contributed by atoms with E-state index in [1.165, 1.54) is 44.9 Å². The number of nitrogens with one attached hydrogen (secondary N) is 2. The molecule has 136 valence electrons. The van der Waals surface area contributed by atoms with E-state index in [9.17, 15) is 4.79 Å². The molecule has 2 fully saturated rings. The molecule has 1 aliphatic carbocycles. The van der Waals surface area contributed by atoms with Crippen LogP contribution in [-0.2, 0) is 10.3 Å². The van der Waals surface area contributed by atoms with Gasteiger partial charge >= 0.3 is 0 Å². The molecule has 5 nitrogen and oxygen atoms in total. The second-order valence-electron chi connectivity index (χ2n) is 7.15. The van der Waals surface area contributed by atoms with Crippen LogP contribution in [0.15, 0.2) is 18.5 Å². The molecule has 24 heavy (non-hydrogen) atoms. The topological polar surface area (TPSA) is 59.0 Å². The first-order chi connectivity index (χ1) is 11.3. The van der Waals surface area contributed by atoms with Gasteiger partial charge in [-0.15, -0.1) is 12.4 Å². The SMILES string of the molecule is Cl.O=C(NCC1CCCCCCC1)C1(n2cccn2)CCNCC1. The van der Waals surface area contributed by atoms with E-state index in [1.54, 1.807) is 6.20 Å². The van der Waals surface area contributed by atoms with Crippen LogP contribution in [0.25, 0.3) is 0 Å². The van der Waals surface area contributed by atoms with Gasteiger partial charge in [0.1, 0.15) is 5.54 Å². The van der Waals surface area contributed by atoms with E-state index in [2.05, 4.69) is 15.7 Å². The first-order valence-corrected chi connectivity index (χ1v) is 9.30. The number of rotatable bonds is 4. The molecule has 2 aliphatic rings. The molecule has 1 saturated carbocycles. The van der Waals surface area contributed by atoms with Gasteiger partial charge in [-0.05, 0) is 50.8 Å². The molecule has 0 aromatic carbocycles. The Hall–Kier alpha value is -1.07. The molecule has 0 spiro atoms. The number of nitrogens with zero attached hydrogens (tertiary/aromatic N) is 2. The summed E-state index contributed by atoms with van der Waals surface area (Å²) in [6.07, 6.45) is 14.6. The summed E-state index contributed by atoms with van der Waals surface area (Å²) in [6, 6.07) is 1.91. The number of carbonyl (C=O) groups excluding carboxylic acids is 1. The highest BCUT2D eigenvalue weighted by Crippen LogP contribution is 2.28. The van der Waals surface area contributed by atoms with Crippen LogP contribution in [-0.4, -0.2) is 35.3 Å². The minimum absolute atomic E-state index is 0. The summed E-state index contributed by atoms with van der Waals surface area (Å²) in [5.41, 5.74) is -0.504. The molecule has 2 heterocycles. The van der Waals surface area contributed by atoms with Crippen LogP contribution in [0.2, 0.25) is 0 Å². The summed E-state index contributed by atoms with van der Waals surface area (Å²) in [5.74, 6) is 0.806. The molecule has 1 amide bonds. The Bertz CT molecular complexity index is 477. The Labute approximate surface area is 151 Å². The van der Waals surface area contributed by atoms with Gasteiger partial charge in [0.25, 0.3) is 0 Å². The van der Waals surface area contributed by atoms with Crippen molar-refractivity contribution >= 4 is 18.3 Å². The van der Waals surface area contributed by atoms with Crippen molar-refractivity contribution in [2.75, 3.05) is 19.6 Å². The van der Waals surface area contributed by atoms with Crippen LogP contribution in [0.3, 0.4) is 0 Å². The Morgan fingerprint density at radius 2 is 1.83 bits per heavy atom. The number of carbonyl (C=O) groups is 1. The predicted octanol–water partition coefficient (Wildman–Crippen LogP) is 2.86. The second-order valence-corrected chi connectivity index (χ2v) is 7.15. The Kier molecular flexibility index (Phi) is 7.56. The van der Waals surface area contributed by atoms with E-state index >= 15 is 0 Å². The van der Waals surface area contributed by atoms with Gasteiger partial charge in [0.15, 0.2) is 0 Å². The van der Waals surface area contributed by atoms with Crippen molar-refractivity contribution in [3.8, 4) is 0 Å². The standard InChI is InChI=1S/C18H30N4O.ClH/c23-17(20-15-16-7-4-2-1-3-5-8-16)18(9-12-19-13-10-18)22-14-6-11-21-22;/h6,11,14,16,19H,1-5,7-10,12-13,15H2,(H,20,23);1H. The van der Waals surface area contributed by atoms with E-state index in [-0.39, 0.29) is 18.3 Å². The summed E-state index contributed by atoms with van der Waals surface area (Å²) in [7, 11) is 0. The maximum atomic E-state index is 13.0. The van der Waals surface area contributed by atoms with Gasteiger partial charge in [-0.2, -0.15) is 5.10 Å². The lowest BCUT2D eigenvalue weighted by Crippen LogP contribution is -2.55. The minimum Gasteiger partial charge on any atom is -0.354 e. The summed E-state index contributed by atoms with van der Waals surface area (Å²) in [5, 5.41) is 11.0. The number of hydrogen-bond donors (Lipinski definition) is 2. The largest absolute Gasteiger partial charge is 0.354 e. The summed E-state index contributed by atoms with van der Waals surface area (Å²) in [4.78, 5) is 13.0. The van der Waals surface area contributed by atoms with Crippen molar-refractivity contribution in [1.82, 2.24) is 20.4 Å². The molecule has 3 rings (SSSR count). The minimum atomic E-state index is -0.504. The van der Waals surface area contributed by atoms with Crippen molar-refractivity contribution in [2.45, 2.75) is 63.3 Å². The normalized spacial score (nSPS) is 22.0. The molecule has 0 bridgehead atoms. The zero-order valence-corrected chi connectivity index (χ0v) is 15.3. The average Bonchev–Trinajstić information content (AvgIpc) is 3.09. The number of hydrogen-bond acceptors (Lipinski definition) is 3. The van der Waals surface area contributed by atoms with Crippen molar-refractivity contribution in [3.63, 3.8) is 0 Å². The lowest BCUT2D eigenvalue weighted by Gasteiger charge is -2.37. The van der Waals surface area contributed by atoms with Gasteiger partial charge in [-0.1, -0.05) is 32.1 Å². The van der Waals surface area contributed by atoms with Crippen LogP contribution in [0, 0.1) is 5.92 Å². The van der Waals surface area contributed by atoms with E-state index < -0.39 is 5.54 Å². The summed E-state index contributed by atoms with van der Waals surface area (Å²) in [6.45, 7) is 2.57. The highest BCUT2D eigenvalue weighted by atomic mass is 35.5. The van der Waals surface area contributed by atoms with Crippen molar-refractivity contribution < 1.29 is 4.79 Å². The molecule has 1 aromatic heterocycles. The third kappa shape index (κ3) is 4.51. The smallest absolute Gasteiger partial charge is 0.248 e. The lowest BCUT2D eigenvalue weighted by atomic mass is 9.86. The van der Waals surface area contributed by atoms with E-state index in [4.69, 9.17) is 0 Å². The van der Waals surface area contributed by atoms with E-state index in [0.717, 1.165) is 32.5 Å². The Balaban J connectivity index is 0.00000208. The highest BCUT2D eigenvalue weighted by molar-refractivity contribution is 5.85. The zero-order chi connectivity index (χ0) is 16.0. The van der Waals surface area contributed by atoms with Gasteiger partial charge in [-0.25, -0.2) is 0 Å². The van der Waals surface area contributed by atoms with Crippen LogP contribution in [0.1, 0.15) is 57.8 Å². The van der Waals surface area contributed by atoms with Crippen LogP contribution >= 0.6 is 12.4 Å². The van der Waals surface area contributed by atoms with Gasteiger partial charge < -0.3 is 10.6 Å². The monoisotopic (exact) mass is 354 g/mol. The molecular weight excluding hydrogens is 324 g/mol. The fourth-order valence-corrected chi connectivity index (χ4v) is 4.07.